The fraction of sp³-hybridized carbons (Fsp3) is 0.200. The van der Waals surface area contributed by atoms with E-state index in [4.69, 9.17) is 9.47 Å². The molecule has 2 aromatic rings. The van der Waals surface area contributed by atoms with Crippen LogP contribution in [0, 0.1) is 0 Å². The molecule has 1 aromatic carbocycles. The summed E-state index contributed by atoms with van der Waals surface area (Å²) in [7, 11) is 3.21. The first kappa shape index (κ1) is 9.92. The predicted octanol–water partition coefficient (Wildman–Crippen LogP) is 2.22. The van der Waals surface area contributed by atoms with Crippen molar-refractivity contribution in [1.29, 1.82) is 0 Å². The first-order valence-corrected chi connectivity index (χ1v) is 5.17. The Labute approximate surface area is 91.5 Å². The van der Waals surface area contributed by atoms with E-state index in [-0.39, 0.29) is 0 Å². The molecule has 5 heteroatoms. The highest BCUT2D eigenvalue weighted by Crippen LogP contribution is 2.33. The van der Waals surface area contributed by atoms with Gasteiger partial charge in [-0.05, 0) is 12.1 Å². The van der Waals surface area contributed by atoms with E-state index >= 15 is 0 Å². The van der Waals surface area contributed by atoms with E-state index in [1.807, 2.05) is 24.3 Å². The Morgan fingerprint density at radius 3 is 2.53 bits per heavy atom. The highest BCUT2D eigenvalue weighted by atomic mass is 32.1. The van der Waals surface area contributed by atoms with Gasteiger partial charge in [0.05, 0.1) is 19.8 Å². The first-order valence-electron chi connectivity index (χ1n) is 4.36. The van der Waals surface area contributed by atoms with E-state index < -0.39 is 0 Å². The molecule has 1 aromatic heterocycles. The van der Waals surface area contributed by atoms with Gasteiger partial charge in [0, 0.05) is 0 Å². The topological polar surface area (TPSA) is 44.2 Å². The van der Waals surface area contributed by atoms with Crippen molar-refractivity contribution >= 4 is 11.3 Å². The zero-order chi connectivity index (χ0) is 10.7. The molecule has 15 heavy (non-hydrogen) atoms. The summed E-state index contributed by atoms with van der Waals surface area (Å²) in [5.74, 6) is 0.788. The minimum atomic E-state index is 0.552. The molecule has 0 amide bonds. The van der Waals surface area contributed by atoms with Crippen LogP contribution in [0.5, 0.6) is 10.9 Å². The molecule has 2 rings (SSSR count). The van der Waals surface area contributed by atoms with E-state index in [1.54, 1.807) is 14.2 Å². The summed E-state index contributed by atoms with van der Waals surface area (Å²) in [6.45, 7) is 0. The van der Waals surface area contributed by atoms with Crippen LogP contribution in [0.25, 0.3) is 10.6 Å². The Balaban J connectivity index is 2.44. The predicted molar refractivity (Wildman–Crippen MR) is 58.4 cm³/mol. The van der Waals surface area contributed by atoms with Gasteiger partial charge in [0.2, 0.25) is 0 Å². The molecule has 0 aliphatic heterocycles. The molecule has 0 saturated heterocycles. The average molecular weight is 222 g/mol. The van der Waals surface area contributed by atoms with Crippen LogP contribution in [-0.4, -0.2) is 24.4 Å². The van der Waals surface area contributed by atoms with Crippen LogP contribution in [0.3, 0.4) is 0 Å². The number of ether oxygens (including phenoxy) is 2. The quantitative estimate of drug-likeness (QED) is 0.798. The Morgan fingerprint density at radius 2 is 1.87 bits per heavy atom. The van der Waals surface area contributed by atoms with E-state index in [2.05, 4.69) is 10.2 Å². The molecule has 78 valence electrons. The third kappa shape index (κ3) is 1.92. The molecule has 0 fully saturated rings. The van der Waals surface area contributed by atoms with Crippen LogP contribution in [-0.2, 0) is 0 Å². The van der Waals surface area contributed by atoms with Crippen LogP contribution in [0.15, 0.2) is 24.3 Å². The summed E-state index contributed by atoms with van der Waals surface area (Å²) in [6.07, 6.45) is 0. The van der Waals surface area contributed by atoms with Gasteiger partial charge in [-0.25, -0.2) is 0 Å². The number of rotatable bonds is 3. The van der Waals surface area contributed by atoms with Gasteiger partial charge >= 0.3 is 0 Å². The van der Waals surface area contributed by atoms with E-state index in [1.165, 1.54) is 11.3 Å². The Hall–Kier alpha value is -1.62. The van der Waals surface area contributed by atoms with Crippen molar-refractivity contribution in [2.24, 2.45) is 0 Å². The van der Waals surface area contributed by atoms with Crippen molar-refractivity contribution in [2.45, 2.75) is 0 Å². The number of para-hydroxylation sites is 1. The van der Waals surface area contributed by atoms with Crippen molar-refractivity contribution in [1.82, 2.24) is 10.2 Å². The van der Waals surface area contributed by atoms with Crippen molar-refractivity contribution in [3.8, 4) is 21.5 Å². The highest BCUT2D eigenvalue weighted by Gasteiger charge is 2.10. The van der Waals surface area contributed by atoms with Crippen LogP contribution in [0.4, 0.5) is 0 Å². The second kappa shape index (κ2) is 4.27. The van der Waals surface area contributed by atoms with E-state index in [0.29, 0.717) is 5.19 Å². The Kier molecular flexibility index (Phi) is 2.82. The normalized spacial score (nSPS) is 10.0. The van der Waals surface area contributed by atoms with Crippen molar-refractivity contribution in [2.75, 3.05) is 14.2 Å². The minimum Gasteiger partial charge on any atom is -0.496 e. The maximum atomic E-state index is 5.24. The molecular weight excluding hydrogens is 212 g/mol. The van der Waals surface area contributed by atoms with Gasteiger partial charge < -0.3 is 9.47 Å². The molecular formula is C10H10N2O2S. The smallest absolute Gasteiger partial charge is 0.294 e. The second-order valence-electron chi connectivity index (χ2n) is 2.78. The highest BCUT2D eigenvalue weighted by molar-refractivity contribution is 7.16. The molecule has 0 bridgehead atoms. The van der Waals surface area contributed by atoms with E-state index in [9.17, 15) is 0 Å². The largest absolute Gasteiger partial charge is 0.496 e. The monoisotopic (exact) mass is 222 g/mol. The fourth-order valence-electron chi connectivity index (χ4n) is 1.22. The first-order chi connectivity index (χ1) is 7.35. The lowest BCUT2D eigenvalue weighted by molar-refractivity contribution is 0.407. The van der Waals surface area contributed by atoms with Gasteiger partial charge in [0.25, 0.3) is 5.19 Å². The number of nitrogens with zero attached hydrogens (tertiary/aromatic N) is 2. The molecule has 0 N–H and O–H groups in total. The Morgan fingerprint density at radius 1 is 1.07 bits per heavy atom. The van der Waals surface area contributed by atoms with Crippen LogP contribution < -0.4 is 9.47 Å². The van der Waals surface area contributed by atoms with Gasteiger partial charge in [-0.15, -0.1) is 5.10 Å². The van der Waals surface area contributed by atoms with Crippen LogP contribution in [0.1, 0.15) is 0 Å². The number of methoxy groups -OCH3 is 2. The van der Waals surface area contributed by atoms with Crippen LogP contribution >= 0.6 is 11.3 Å². The van der Waals surface area contributed by atoms with Crippen molar-refractivity contribution in [3.63, 3.8) is 0 Å². The van der Waals surface area contributed by atoms with Gasteiger partial charge in [-0.3, -0.25) is 0 Å². The minimum absolute atomic E-state index is 0.552. The average Bonchev–Trinajstić information content (AvgIpc) is 2.77. The van der Waals surface area contributed by atoms with Crippen LogP contribution in [0.2, 0.25) is 0 Å². The second-order valence-corrected chi connectivity index (χ2v) is 3.72. The Bertz CT molecular complexity index is 456. The number of aromatic nitrogens is 2. The van der Waals surface area contributed by atoms with Crippen molar-refractivity contribution in [3.05, 3.63) is 24.3 Å². The maximum Gasteiger partial charge on any atom is 0.294 e. The molecule has 0 aliphatic rings. The summed E-state index contributed by atoms with van der Waals surface area (Å²) < 4.78 is 10.2. The summed E-state index contributed by atoms with van der Waals surface area (Å²) >= 11 is 1.39. The number of hydrogen-bond acceptors (Lipinski definition) is 5. The number of hydrogen-bond donors (Lipinski definition) is 0. The molecule has 0 unspecified atom stereocenters. The van der Waals surface area contributed by atoms with Gasteiger partial charge in [0.1, 0.15) is 5.75 Å². The summed E-state index contributed by atoms with van der Waals surface area (Å²) in [5, 5.41) is 9.25. The summed E-state index contributed by atoms with van der Waals surface area (Å²) in [4.78, 5) is 0. The lowest BCUT2D eigenvalue weighted by Gasteiger charge is -2.03. The number of benzene rings is 1. The lowest BCUT2D eigenvalue weighted by Crippen LogP contribution is -1.86. The lowest BCUT2D eigenvalue weighted by atomic mass is 10.2. The molecule has 0 atom stereocenters. The van der Waals surface area contributed by atoms with Gasteiger partial charge in [-0.2, -0.15) is 0 Å². The maximum absolute atomic E-state index is 5.24. The SMILES string of the molecule is COc1nnc(-c2ccccc2OC)s1. The molecule has 4 nitrogen and oxygen atoms in total. The van der Waals surface area contributed by atoms with E-state index in [0.717, 1.165) is 16.3 Å². The zero-order valence-electron chi connectivity index (χ0n) is 8.43. The van der Waals surface area contributed by atoms with Gasteiger partial charge in [0.15, 0.2) is 5.01 Å². The summed E-state index contributed by atoms with van der Waals surface area (Å²) in [5.41, 5.74) is 0.931. The third-order valence-electron chi connectivity index (χ3n) is 1.92. The summed E-state index contributed by atoms with van der Waals surface area (Å²) in [6, 6.07) is 7.69. The molecule has 0 saturated carbocycles. The third-order valence-corrected chi connectivity index (χ3v) is 2.84. The fourth-order valence-corrected chi connectivity index (χ4v) is 1.91. The van der Waals surface area contributed by atoms with Crippen molar-refractivity contribution < 1.29 is 9.47 Å². The molecule has 0 spiro atoms. The zero-order valence-corrected chi connectivity index (χ0v) is 9.25. The molecule has 0 aliphatic carbocycles. The molecule has 0 radical (unpaired) electrons. The standard InChI is InChI=1S/C10H10N2O2S/c1-13-8-6-4-3-5-7(8)9-11-12-10(14-2)15-9/h3-6H,1-2H3. The molecule has 1 heterocycles. The van der Waals surface area contributed by atoms with Gasteiger partial charge in [-0.1, -0.05) is 28.6 Å².